The largest absolute Gasteiger partial charge is 0.377 e. The molecule has 8 nitrogen and oxygen atoms in total. The van der Waals surface area contributed by atoms with Crippen LogP contribution < -0.4 is 5.32 Å². The highest BCUT2D eigenvalue weighted by molar-refractivity contribution is 5.11. The third kappa shape index (κ3) is 3.84. The molecule has 0 unspecified atom stereocenters. The summed E-state index contributed by atoms with van der Waals surface area (Å²) in [5.74, 6) is 0.732. The number of morpholine rings is 1. The number of methoxy groups -OCH3 is 1. The van der Waals surface area contributed by atoms with Crippen LogP contribution in [0.2, 0.25) is 0 Å². The predicted molar refractivity (Wildman–Crippen MR) is 87.2 cm³/mol. The first-order valence-corrected chi connectivity index (χ1v) is 8.13. The molecule has 2 aromatic rings. The number of nitrogens with zero attached hydrogens (tertiary/aromatic N) is 4. The van der Waals surface area contributed by atoms with Crippen LogP contribution in [0, 0.1) is 0 Å². The first-order chi connectivity index (χ1) is 11.7. The summed E-state index contributed by atoms with van der Waals surface area (Å²) in [6, 6.07) is 4.14. The Hall–Kier alpha value is -1.74. The molecule has 1 fully saturated rings. The zero-order chi connectivity index (χ0) is 16.9. The lowest BCUT2D eigenvalue weighted by molar-refractivity contribution is -0.0639. The molecular weight excluding hydrogens is 310 g/mol. The van der Waals surface area contributed by atoms with E-state index in [4.69, 9.17) is 14.0 Å². The molecule has 0 bridgehead atoms. The fourth-order valence-corrected chi connectivity index (χ4v) is 3.12. The first kappa shape index (κ1) is 17.1. The van der Waals surface area contributed by atoms with Crippen molar-refractivity contribution in [3.8, 4) is 0 Å². The Morgan fingerprint density at radius 1 is 1.42 bits per heavy atom. The zero-order valence-electron chi connectivity index (χ0n) is 14.4. The molecule has 3 rings (SSSR count). The minimum absolute atomic E-state index is 0.0597. The first-order valence-electron chi connectivity index (χ1n) is 8.13. The van der Waals surface area contributed by atoms with Gasteiger partial charge in [-0.25, -0.2) is 0 Å². The molecule has 0 spiro atoms. The zero-order valence-corrected chi connectivity index (χ0v) is 14.4. The van der Waals surface area contributed by atoms with Crippen molar-refractivity contribution in [2.75, 3.05) is 33.9 Å². The normalized spacial score (nSPS) is 22.1. The molecule has 2 aromatic heterocycles. The summed E-state index contributed by atoms with van der Waals surface area (Å²) in [7, 11) is 5.73. The van der Waals surface area contributed by atoms with E-state index in [9.17, 15) is 0 Å². The van der Waals surface area contributed by atoms with Crippen molar-refractivity contribution in [2.45, 2.75) is 25.3 Å². The van der Waals surface area contributed by atoms with Gasteiger partial charge in [0.25, 0.3) is 0 Å². The maximum absolute atomic E-state index is 6.01. The van der Waals surface area contributed by atoms with Crippen molar-refractivity contribution in [3.05, 3.63) is 35.5 Å². The summed E-state index contributed by atoms with van der Waals surface area (Å²) in [5.41, 5.74) is 2.02. The van der Waals surface area contributed by atoms with Gasteiger partial charge in [0.2, 0.25) is 0 Å². The highest BCUT2D eigenvalue weighted by Gasteiger charge is 2.33. The van der Waals surface area contributed by atoms with Gasteiger partial charge in [-0.2, -0.15) is 5.10 Å². The van der Waals surface area contributed by atoms with Gasteiger partial charge in [-0.15, -0.1) is 0 Å². The van der Waals surface area contributed by atoms with Gasteiger partial charge < -0.3 is 19.3 Å². The molecule has 1 aliphatic rings. The Morgan fingerprint density at radius 3 is 3.04 bits per heavy atom. The van der Waals surface area contributed by atoms with Crippen LogP contribution >= 0.6 is 0 Å². The number of aromatic nitrogens is 3. The van der Waals surface area contributed by atoms with E-state index >= 15 is 0 Å². The van der Waals surface area contributed by atoms with Crippen LogP contribution in [-0.2, 0) is 29.7 Å². The highest BCUT2D eigenvalue weighted by atomic mass is 16.5. The Labute approximate surface area is 141 Å². The Morgan fingerprint density at radius 2 is 2.29 bits per heavy atom. The molecular formula is C16H25N5O3. The molecule has 0 amide bonds. The number of hydrogen-bond donors (Lipinski definition) is 1. The molecule has 1 N–H and O–H groups in total. The number of nitrogens with one attached hydrogen (secondary N) is 1. The third-order valence-electron chi connectivity index (χ3n) is 4.31. The summed E-state index contributed by atoms with van der Waals surface area (Å²) in [4.78, 5) is 2.32. The van der Waals surface area contributed by atoms with E-state index in [1.807, 2.05) is 24.0 Å². The number of hydrogen-bond acceptors (Lipinski definition) is 7. The van der Waals surface area contributed by atoms with E-state index in [1.165, 1.54) is 0 Å². The van der Waals surface area contributed by atoms with Crippen molar-refractivity contribution in [2.24, 2.45) is 7.05 Å². The molecule has 24 heavy (non-hydrogen) atoms. The Kier molecular flexibility index (Phi) is 5.62. The average Bonchev–Trinajstić information content (AvgIpc) is 3.17. The van der Waals surface area contributed by atoms with E-state index in [0.29, 0.717) is 13.2 Å². The van der Waals surface area contributed by atoms with Crippen LogP contribution in [0.1, 0.15) is 23.2 Å². The molecule has 0 saturated carbocycles. The van der Waals surface area contributed by atoms with Crippen molar-refractivity contribution >= 4 is 0 Å². The minimum atomic E-state index is 0.0597. The summed E-state index contributed by atoms with van der Waals surface area (Å²) in [6.45, 7) is 3.45. The van der Waals surface area contributed by atoms with Crippen molar-refractivity contribution in [3.63, 3.8) is 0 Å². The molecule has 0 radical (unpaired) electrons. The van der Waals surface area contributed by atoms with Crippen LogP contribution in [-0.4, -0.2) is 59.8 Å². The fourth-order valence-electron chi connectivity index (χ4n) is 3.12. The summed E-state index contributed by atoms with van der Waals surface area (Å²) < 4.78 is 18.2. The van der Waals surface area contributed by atoms with E-state index in [1.54, 1.807) is 7.11 Å². The lowest BCUT2D eigenvalue weighted by Gasteiger charge is -2.39. The van der Waals surface area contributed by atoms with E-state index in [-0.39, 0.29) is 12.1 Å². The molecule has 2 atom stereocenters. The second-order valence-corrected chi connectivity index (χ2v) is 6.06. The number of rotatable bonds is 7. The molecule has 3 heterocycles. The van der Waals surface area contributed by atoms with Gasteiger partial charge in [0, 0.05) is 46.1 Å². The maximum Gasteiger partial charge on any atom is 0.162 e. The quantitative estimate of drug-likeness (QED) is 0.798. The van der Waals surface area contributed by atoms with Crippen LogP contribution in [0.3, 0.4) is 0 Å². The number of aryl methyl sites for hydroxylation is 1. The van der Waals surface area contributed by atoms with Gasteiger partial charge in [0.1, 0.15) is 6.61 Å². The van der Waals surface area contributed by atoms with E-state index in [0.717, 1.165) is 36.8 Å². The van der Waals surface area contributed by atoms with Crippen LogP contribution in [0.5, 0.6) is 0 Å². The molecule has 0 aliphatic carbocycles. The van der Waals surface area contributed by atoms with Gasteiger partial charge in [0.15, 0.2) is 5.76 Å². The molecule has 1 aliphatic heterocycles. The number of ether oxygens (including phenoxy) is 2. The number of likely N-dealkylation sites (N-methyl/N-ethyl adjacent to an activating group) is 1. The Bertz CT molecular complexity index is 641. The van der Waals surface area contributed by atoms with Gasteiger partial charge in [0.05, 0.1) is 30.1 Å². The smallest absolute Gasteiger partial charge is 0.162 e. The van der Waals surface area contributed by atoms with Gasteiger partial charge >= 0.3 is 0 Å². The topological polar surface area (TPSA) is 77.6 Å². The summed E-state index contributed by atoms with van der Waals surface area (Å²) >= 11 is 0. The van der Waals surface area contributed by atoms with Crippen LogP contribution in [0.15, 0.2) is 22.9 Å². The lowest BCUT2D eigenvalue weighted by atomic mass is 10.0. The second kappa shape index (κ2) is 7.89. The van der Waals surface area contributed by atoms with Gasteiger partial charge in [-0.3, -0.25) is 9.58 Å². The minimum Gasteiger partial charge on any atom is -0.377 e. The van der Waals surface area contributed by atoms with Gasteiger partial charge in [-0.1, -0.05) is 5.16 Å². The molecule has 132 valence electrons. The van der Waals surface area contributed by atoms with Crippen LogP contribution in [0.25, 0.3) is 0 Å². The molecule has 8 heteroatoms. The predicted octanol–water partition coefficient (Wildman–Crippen LogP) is 0.716. The van der Waals surface area contributed by atoms with E-state index < -0.39 is 0 Å². The Balaban J connectivity index is 1.58. The van der Waals surface area contributed by atoms with Crippen molar-refractivity contribution in [1.82, 2.24) is 25.2 Å². The van der Waals surface area contributed by atoms with Crippen LogP contribution in [0.4, 0.5) is 0 Å². The molecule has 1 saturated heterocycles. The lowest BCUT2D eigenvalue weighted by Crippen LogP contribution is -2.48. The van der Waals surface area contributed by atoms with Gasteiger partial charge in [-0.05, 0) is 13.1 Å². The average molecular weight is 335 g/mol. The fraction of sp³-hybridized carbons (Fsp3) is 0.625. The SMILES string of the molecule is COCc1cc(CNC[C@@H]2OCCN(C)[C@H]2c2ccnn2C)no1. The summed E-state index contributed by atoms with van der Waals surface area (Å²) in [6.07, 6.45) is 1.89. The van der Waals surface area contributed by atoms with Crippen molar-refractivity contribution < 1.29 is 14.0 Å². The second-order valence-electron chi connectivity index (χ2n) is 6.06. The monoisotopic (exact) mass is 335 g/mol. The highest BCUT2D eigenvalue weighted by Crippen LogP contribution is 2.27. The third-order valence-corrected chi connectivity index (χ3v) is 4.31. The maximum atomic E-state index is 6.01. The standard InChI is InChI=1S/C16H25N5O3/c1-20-6-7-23-15(16(20)14-4-5-18-21(14)2)10-17-9-12-8-13(11-22-3)24-19-12/h4-5,8,15-17H,6-7,9-11H2,1-3H3/t15-,16-/m0/s1. The summed E-state index contributed by atoms with van der Waals surface area (Å²) in [5, 5.41) is 11.7. The van der Waals surface area contributed by atoms with Crippen molar-refractivity contribution in [1.29, 1.82) is 0 Å². The van der Waals surface area contributed by atoms with E-state index in [2.05, 4.69) is 33.6 Å². The molecule has 0 aromatic carbocycles.